The van der Waals surface area contributed by atoms with Gasteiger partial charge in [-0.15, -0.1) is 0 Å². The summed E-state index contributed by atoms with van der Waals surface area (Å²) in [7, 11) is 3.91. The second-order valence-electron chi connectivity index (χ2n) is 4.79. The summed E-state index contributed by atoms with van der Waals surface area (Å²) in [5.41, 5.74) is 0. The first-order valence-electron chi connectivity index (χ1n) is 6.23. The predicted molar refractivity (Wildman–Crippen MR) is 69.3 cm³/mol. The van der Waals surface area contributed by atoms with E-state index in [0.29, 0.717) is 17.9 Å². The van der Waals surface area contributed by atoms with Gasteiger partial charge < -0.3 is 14.7 Å². The van der Waals surface area contributed by atoms with Gasteiger partial charge in [0, 0.05) is 19.6 Å². The fraction of sp³-hybridized carbons (Fsp3) is 0.833. The zero-order valence-electron chi connectivity index (χ0n) is 11.7. The van der Waals surface area contributed by atoms with Crippen molar-refractivity contribution >= 4 is 5.95 Å². The number of aromatic nitrogens is 2. The van der Waals surface area contributed by atoms with Gasteiger partial charge in [-0.2, -0.15) is 4.98 Å². The van der Waals surface area contributed by atoms with Crippen LogP contribution in [0.4, 0.5) is 5.95 Å². The highest BCUT2D eigenvalue weighted by Crippen LogP contribution is 2.27. The van der Waals surface area contributed by atoms with Gasteiger partial charge in [-0.3, -0.25) is 0 Å². The molecule has 0 radical (unpaired) electrons. The standard InChI is InChI=1S/C12H24N4O/c1-7-16(6)12-14-11(17-15-12)10(8(2)3)9(4)13-5/h8-10,13H,7H2,1-6H3. The molecule has 0 bridgehead atoms. The Bertz CT molecular complexity index is 337. The molecule has 2 atom stereocenters. The molecule has 1 rings (SSSR count). The van der Waals surface area contributed by atoms with Crippen LogP contribution in [0.2, 0.25) is 0 Å². The maximum atomic E-state index is 5.39. The lowest BCUT2D eigenvalue weighted by atomic mass is 9.89. The number of likely N-dealkylation sites (N-methyl/N-ethyl adjacent to an activating group) is 1. The molecule has 2 unspecified atom stereocenters. The Morgan fingerprint density at radius 3 is 2.47 bits per heavy atom. The Kier molecular flexibility index (Phi) is 4.93. The van der Waals surface area contributed by atoms with E-state index in [1.54, 1.807) is 0 Å². The lowest BCUT2D eigenvalue weighted by Gasteiger charge is -2.23. The predicted octanol–water partition coefficient (Wildman–Crippen LogP) is 1.87. The van der Waals surface area contributed by atoms with E-state index in [2.05, 4.69) is 43.2 Å². The molecule has 0 aliphatic heterocycles. The first kappa shape index (κ1) is 14.0. The van der Waals surface area contributed by atoms with Gasteiger partial charge in [0.25, 0.3) is 5.95 Å². The topological polar surface area (TPSA) is 54.2 Å². The molecule has 98 valence electrons. The Balaban J connectivity index is 2.92. The third-order valence-corrected chi connectivity index (χ3v) is 3.24. The minimum absolute atomic E-state index is 0.242. The van der Waals surface area contributed by atoms with E-state index in [1.165, 1.54) is 0 Å². The van der Waals surface area contributed by atoms with Gasteiger partial charge in [0.05, 0.1) is 5.92 Å². The van der Waals surface area contributed by atoms with Gasteiger partial charge in [0.2, 0.25) is 5.89 Å². The minimum Gasteiger partial charge on any atom is -0.342 e. The number of anilines is 1. The monoisotopic (exact) mass is 240 g/mol. The molecule has 17 heavy (non-hydrogen) atoms. The van der Waals surface area contributed by atoms with E-state index >= 15 is 0 Å². The van der Waals surface area contributed by atoms with Gasteiger partial charge >= 0.3 is 0 Å². The number of nitrogens with zero attached hydrogens (tertiary/aromatic N) is 3. The van der Waals surface area contributed by atoms with Gasteiger partial charge in [-0.25, -0.2) is 0 Å². The minimum atomic E-state index is 0.242. The third kappa shape index (κ3) is 3.19. The Labute approximate surface area is 104 Å². The van der Waals surface area contributed by atoms with E-state index in [1.807, 2.05) is 19.0 Å². The molecular formula is C12H24N4O. The molecule has 0 aliphatic rings. The van der Waals surface area contributed by atoms with Crippen LogP contribution in [-0.2, 0) is 0 Å². The van der Waals surface area contributed by atoms with Crippen molar-refractivity contribution in [2.24, 2.45) is 5.92 Å². The van der Waals surface area contributed by atoms with Gasteiger partial charge in [0.1, 0.15) is 0 Å². The SMILES string of the molecule is CCN(C)c1noc(C(C(C)C)C(C)NC)n1. The molecule has 0 amide bonds. The number of rotatable bonds is 6. The number of hydrogen-bond acceptors (Lipinski definition) is 5. The lowest BCUT2D eigenvalue weighted by molar-refractivity contribution is 0.285. The van der Waals surface area contributed by atoms with Gasteiger partial charge in [0.15, 0.2) is 0 Å². The van der Waals surface area contributed by atoms with Crippen LogP contribution in [0, 0.1) is 5.92 Å². The smallest absolute Gasteiger partial charge is 0.265 e. The van der Waals surface area contributed by atoms with Crippen molar-refractivity contribution < 1.29 is 4.52 Å². The van der Waals surface area contributed by atoms with Crippen molar-refractivity contribution in [2.75, 3.05) is 25.5 Å². The third-order valence-electron chi connectivity index (χ3n) is 3.24. The molecule has 5 heteroatoms. The lowest BCUT2D eigenvalue weighted by Crippen LogP contribution is -2.32. The van der Waals surface area contributed by atoms with E-state index in [9.17, 15) is 0 Å². The van der Waals surface area contributed by atoms with Crippen LogP contribution < -0.4 is 10.2 Å². The molecule has 0 saturated carbocycles. The van der Waals surface area contributed by atoms with E-state index in [0.717, 1.165) is 12.4 Å². The second-order valence-corrected chi connectivity index (χ2v) is 4.79. The van der Waals surface area contributed by atoms with Crippen molar-refractivity contribution in [2.45, 2.75) is 39.7 Å². The summed E-state index contributed by atoms with van der Waals surface area (Å²) in [6.45, 7) is 9.41. The summed E-state index contributed by atoms with van der Waals surface area (Å²) in [4.78, 5) is 6.45. The molecule has 0 aromatic carbocycles. The van der Waals surface area contributed by atoms with Crippen molar-refractivity contribution in [3.05, 3.63) is 5.89 Å². The molecular weight excluding hydrogens is 216 g/mol. The molecule has 0 aliphatic carbocycles. The average Bonchev–Trinajstić information content (AvgIpc) is 2.76. The van der Waals surface area contributed by atoms with Crippen molar-refractivity contribution in [1.29, 1.82) is 0 Å². The first-order chi connectivity index (χ1) is 8.01. The Morgan fingerprint density at radius 1 is 1.35 bits per heavy atom. The summed E-state index contributed by atoms with van der Waals surface area (Å²) in [6, 6.07) is 0.315. The molecule has 1 N–H and O–H groups in total. The van der Waals surface area contributed by atoms with Gasteiger partial charge in [-0.05, 0) is 32.0 Å². The van der Waals surface area contributed by atoms with Crippen molar-refractivity contribution in [3.63, 3.8) is 0 Å². The van der Waals surface area contributed by atoms with Crippen LogP contribution >= 0.6 is 0 Å². The molecule has 1 aromatic heterocycles. The maximum Gasteiger partial charge on any atom is 0.265 e. The fourth-order valence-electron chi connectivity index (χ4n) is 1.91. The maximum absolute atomic E-state index is 5.39. The molecule has 1 aromatic rings. The summed E-state index contributed by atoms with van der Waals surface area (Å²) in [5, 5.41) is 7.27. The van der Waals surface area contributed by atoms with Crippen LogP contribution in [0.5, 0.6) is 0 Å². The molecule has 0 spiro atoms. The molecule has 5 nitrogen and oxygen atoms in total. The van der Waals surface area contributed by atoms with E-state index < -0.39 is 0 Å². The van der Waals surface area contributed by atoms with Crippen molar-refractivity contribution in [1.82, 2.24) is 15.5 Å². The van der Waals surface area contributed by atoms with Crippen LogP contribution in [-0.4, -0.2) is 36.8 Å². The fourth-order valence-corrected chi connectivity index (χ4v) is 1.91. The molecule has 0 saturated heterocycles. The first-order valence-corrected chi connectivity index (χ1v) is 6.23. The van der Waals surface area contributed by atoms with E-state index in [4.69, 9.17) is 4.52 Å². The van der Waals surface area contributed by atoms with E-state index in [-0.39, 0.29) is 5.92 Å². The Morgan fingerprint density at radius 2 is 2.00 bits per heavy atom. The summed E-state index contributed by atoms with van der Waals surface area (Å²) >= 11 is 0. The quantitative estimate of drug-likeness (QED) is 0.822. The van der Waals surface area contributed by atoms with Crippen LogP contribution in [0.1, 0.15) is 39.5 Å². The normalized spacial score (nSPS) is 15.0. The molecule has 0 fully saturated rings. The highest BCUT2D eigenvalue weighted by molar-refractivity contribution is 5.26. The second kappa shape index (κ2) is 6.00. The highest BCUT2D eigenvalue weighted by Gasteiger charge is 2.27. The van der Waals surface area contributed by atoms with Crippen LogP contribution in [0.25, 0.3) is 0 Å². The Hall–Kier alpha value is -1.10. The zero-order valence-corrected chi connectivity index (χ0v) is 11.7. The number of nitrogens with one attached hydrogen (secondary N) is 1. The largest absolute Gasteiger partial charge is 0.342 e. The zero-order chi connectivity index (χ0) is 13.0. The summed E-state index contributed by atoms with van der Waals surface area (Å²) < 4.78 is 5.39. The summed E-state index contributed by atoms with van der Waals surface area (Å²) in [5.74, 6) is 2.08. The average molecular weight is 240 g/mol. The number of hydrogen-bond donors (Lipinski definition) is 1. The van der Waals surface area contributed by atoms with Gasteiger partial charge in [-0.1, -0.05) is 13.8 Å². The molecule has 1 heterocycles. The van der Waals surface area contributed by atoms with Crippen LogP contribution in [0.15, 0.2) is 4.52 Å². The van der Waals surface area contributed by atoms with Crippen molar-refractivity contribution in [3.8, 4) is 0 Å². The highest BCUT2D eigenvalue weighted by atomic mass is 16.5. The summed E-state index contributed by atoms with van der Waals surface area (Å²) in [6.07, 6.45) is 0. The van der Waals surface area contributed by atoms with Crippen LogP contribution in [0.3, 0.4) is 0 Å².